The zero-order chi connectivity index (χ0) is 22.2. The second-order valence-electron chi connectivity index (χ2n) is 8.30. The first kappa shape index (κ1) is 21.9. The summed E-state index contributed by atoms with van der Waals surface area (Å²) in [6.45, 7) is 6.08. The van der Waals surface area contributed by atoms with Crippen LogP contribution in [0.3, 0.4) is 0 Å². The van der Waals surface area contributed by atoms with Crippen molar-refractivity contribution in [1.29, 1.82) is 0 Å². The van der Waals surface area contributed by atoms with Gasteiger partial charge in [0, 0.05) is 25.7 Å². The number of benzene rings is 2. The van der Waals surface area contributed by atoms with Crippen LogP contribution < -0.4 is 13.8 Å². The van der Waals surface area contributed by atoms with Gasteiger partial charge in [-0.05, 0) is 62.6 Å². The van der Waals surface area contributed by atoms with Crippen LogP contribution >= 0.6 is 0 Å². The Hall–Kier alpha value is -2.36. The largest absolute Gasteiger partial charge is 0.504 e. The maximum atomic E-state index is 13.8. The Kier molecular flexibility index (Phi) is 5.85. The lowest BCUT2D eigenvalue weighted by molar-refractivity contribution is 0.106. The van der Waals surface area contributed by atoms with Crippen molar-refractivity contribution in [2.24, 2.45) is 0 Å². The van der Waals surface area contributed by atoms with E-state index >= 15 is 0 Å². The molecule has 2 N–H and O–H groups in total. The van der Waals surface area contributed by atoms with E-state index in [0.29, 0.717) is 50.5 Å². The lowest BCUT2D eigenvalue weighted by Gasteiger charge is -2.47. The first-order valence-electron chi connectivity index (χ1n) is 10.5. The maximum Gasteiger partial charge on any atom is 0.302 e. The number of rotatable bonds is 5. The van der Waals surface area contributed by atoms with Crippen LogP contribution in [0.1, 0.15) is 32.3 Å². The highest BCUT2D eigenvalue weighted by molar-refractivity contribution is 7.91. The van der Waals surface area contributed by atoms with Crippen molar-refractivity contribution in [3.05, 3.63) is 53.8 Å². The van der Waals surface area contributed by atoms with Crippen molar-refractivity contribution in [3.63, 3.8) is 0 Å². The molecule has 0 bridgehead atoms. The molecular weight excluding hydrogens is 421 g/mol. The Morgan fingerprint density at radius 3 is 2.81 bits per heavy atom. The van der Waals surface area contributed by atoms with Crippen molar-refractivity contribution < 1.29 is 22.7 Å². The number of phenols is 1. The lowest BCUT2D eigenvalue weighted by Crippen LogP contribution is -2.57. The SMILES string of the molecule is CCOc1cc(CN2CC[C@]3(CNS(=O)(=O)N3c3cccc(F)c3)C[C@@H]2C)ccc1O. The fourth-order valence-corrected chi connectivity index (χ4v) is 6.44. The fourth-order valence-electron chi connectivity index (χ4n) is 4.73. The van der Waals surface area contributed by atoms with Crippen LogP contribution in [0.15, 0.2) is 42.5 Å². The molecule has 0 aliphatic carbocycles. The average molecular weight is 450 g/mol. The van der Waals surface area contributed by atoms with Crippen LogP contribution in [-0.4, -0.2) is 49.7 Å². The molecule has 0 unspecified atom stereocenters. The number of hydrogen-bond donors (Lipinski definition) is 2. The molecule has 2 saturated heterocycles. The predicted molar refractivity (Wildman–Crippen MR) is 117 cm³/mol. The van der Waals surface area contributed by atoms with Crippen molar-refractivity contribution in [3.8, 4) is 11.5 Å². The Morgan fingerprint density at radius 2 is 2.10 bits per heavy atom. The fraction of sp³-hybridized carbons (Fsp3) is 0.455. The normalized spacial score (nSPS) is 25.8. The Bertz CT molecular complexity index is 1060. The Morgan fingerprint density at radius 1 is 1.29 bits per heavy atom. The first-order chi connectivity index (χ1) is 14.7. The molecule has 9 heteroatoms. The summed E-state index contributed by atoms with van der Waals surface area (Å²) in [5, 5.41) is 9.93. The number of likely N-dealkylation sites (tertiary alicyclic amines) is 1. The van der Waals surface area contributed by atoms with E-state index in [2.05, 4.69) is 16.5 Å². The molecule has 0 aromatic heterocycles. The van der Waals surface area contributed by atoms with E-state index in [4.69, 9.17) is 4.74 Å². The van der Waals surface area contributed by atoms with Gasteiger partial charge in [-0.1, -0.05) is 12.1 Å². The summed E-state index contributed by atoms with van der Waals surface area (Å²) >= 11 is 0. The highest BCUT2D eigenvalue weighted by Gasteiger charge is 2.52. The van der Waals surface area contributed by atoms with Gasteiger partial charge in [-0.3, -0.25) is 9.21 Å². The molecule has 2 aromatic rings. The molecule has 2 aromatic carbocycles. The number of phenolic OH excluding ortho intramolecular Hbond substituents is 1. The molecular formula is C22H28FN3O4S. The highest BCUT2D eigenvalue weighted by atomic mass is 32.2. The molecule has 2 aliphatic heterocycles. The van der Waals surface area contributed by atoms with Crippen LogP contribution in [0, 0.1) is 5.82 Å². The van der Waals surface area contributed by atoms with E-state index in [-0.39, 0.29) is 11.8 Å². The van der Waals surface area contributed by atoms with Gasteiger partial charge in [-0.15, -0.1) is 0 Å². The molecule has 31 heavy (non-hydrogen) atoms. The molecule has 2 fully saturated rings. The van der Waals surface area contributed by atoms with Crippen LogP contribution in [0.2, 0.25) is 0 Å². The first-order valence-corrected chi connectivity index (χ1v) is 11.9. The summed E-state index contributed by atoms with van der Waals surface area (Å²) in [4.78, 5) is 2.29. The van der Waals surface area contributed by atoms with Gasteiger partial charge < -0.3 is 9.84 Å². The molecule has 2 atom stereocenters. The topological polar surface area (TPSA) is 82.1 Å². The second-order valence-corrected chi connectivity index (χ2v) is 9.91. The molecule has 0 radical (unpaired) electrons. The molecule has 0 saturated carbocycles. The third-order valence-corrected chi connectivity index (χ3v) is 7.76. The third kappa shape index (κ3) is 4.22. The van der Waals surface area contributed by atoms with Crippen LogP contribution in [0.5, 0.6) is 11.5 Å². The van der Waals surface area contributed by atoms with E-state index in [1.165, 1.54) is 22.5 Å². The number of nitrogens with one attached hydrogen (secondary N) is 1. The van der Waals surface area contributed by atoms with E-state index in [1.54, 1.807) is 12.1 Å². The number of anilines is 1. The van der Waals surface area contributed by atoms with Crippen molar-refractivity contribution in [2.75, 3.05) is 24.0 Å². The van der Waals surface area contributed by atoms with Gasteiger partial charge in [-0.2, -0.15) is 13.1 Å². The van der Waals surface area contributed by atoms with Crippen LogP contribution in [0.4, 0.5) is 10.1 Å². The van der Waals surface area contributed by atoms with E-state index < -0.39 is 21.6 Å². The van der Waals surface area contributed by atoms with Crippen LogP contribution in [0.25, 0.3) is 0 Å². The van der Waals surface area contributed by atoms with E-state index in [1.807, 2.05) is 19.1 Å². The van der Waals surface area contributed by atoms with Crippen LogP contribution in [-0.2, 0) is 16.8 Å². The Balaban J connectivity index is 1.55. The summed E-state index contributed by atoms with van der Waals surface area (Å²) in [7, 11) is -3.73. The lowest BCUT2D eigenvalue weighted by atomic mass is 9.83. The summed E-state index contributed by atoms with van der Waals surface area (Å²) < 4.78 is 49.0. The number of nitrogens with zero attached hydrogens (tertiary/aromatic N) is 2. The average Bonchev–Trinajstić information content (AvgIpc) is 2.97. The number of halogens is 1. The van der Waals surface area contributed by atoms with Gasteiger partial charge in [0.2, 0.25) is 0 Å². The van der Waals surface area contributed by atoms with Gasteiger partial charge in [0.15, 0.2) is 11.5 Å². The van der Waals surface area contributed by atoms with Gasteiger partial charge >= 0.3 is 10.2 Å². The summed E-state index contributed by atoms with van der Waals surface area (Å²) in [6, 6.07) is 11.2. The molecule has 2 heterocycles. The summed E-state index contributed by atoms with van der Waals surface area (Å²) in [5.74, 6) is 0.117. The minimum atomic E-state index is -3.73. The van der Waals surface area contributed by atoms with Gasteiger partial charge in [0.05, 0.1) is 17.8 Å². The molecule has 0 amide bonds. The van der Waals surface area contributed by atoms with Gasteiger partial charge in [0.25, 0.3) is 0 Å². The number of hydrogen-bond acceptors (Lipinski definition) is 5. The van der Waals surface area contributed by atoms with Crippen molar-refractivity contribution in [2.45, 2.75) is 44.8 Å². The number of aromatic hydroxyl groups is 1. The molecule has 4 rings (SSSR count). The quantitative estimate of drug-likeness (QED) is 0.733. The van der Waals surface area contributed by atoms with E-state index in [0.717, 1.165) is 5.56 Å². The monoisotopic (exact) mass is 449 g/mol. The van der Waals surface area contributed by atoms with Crippen molar-refractivity contribution >= 4 is 15.9 Å². The zero-order valence-corrected chi connectivity index (χ0v) is 18.5. The van der Waals surface area contributed by atoms with Crippen molar-refractivity contribution in [1.82, 2.24) is 9.62 Å². The smallest absolute Gasteiger partial charge is 0.302 e. The molecule has 168 valence electrons. The van der Waals surface area contributed by atoms with Gasteiger partial charge in [0.1, 0.15) is 5.82 Å². The van der Waals surface area contributed by atoms with E-state index in [9.17, 15) is 17.9 Å². The highest BCUT2D eigenvalue weighted by Crippen LogP contribution is 2.41. The Labute approximate surface area is 182 Å². The molecule has 7 nitrogen and oxygen atoms in total. The van der Waals surface area contributed by atoms with Gasteiger partial charge in [-0.25, -0.2) is 4.39 Å². The third-order valence-electron chi connectivity index (χ3n) is 6.17. The predicted octanol–water partition coefficient (Wildman–Crippen LogP) is 3.01. The minimum absolute atomic E-state index is 0.101. The summed E-state index contributed by atoms with van der Waals surface area (Å²) in [6.07, 6.45) is 1.24. The maximum absolute atomic E-state index is 13.8. The minimum Gasteiger partial charge on any atom is -0.504 e. The second kappa shape index (κ2) is 8.29. The molecule has 1 spiro atoms. The number of piperidine rings is 1. The zero-order valence-electron chi connectivity index (χ0n) is 17.7. The summed E-state index contributed by atoms with van der Waals surface area (Å²) in [5.41, 5.74) is 0.738. The standard InChI is InChI=1S/C22H28FN3O4S/c1-3-30-21-11-17(7-8-20(21)27)14-25-10-9-22(13-16(25)2)15-24-31(28,29)26(22)19-6-4-5-18(23)12-19/h4-8,11-12,16,24,27H,3,9-10,13-15H2,1-2H3/t16-,22+/m0/s1. The molecule has 2 aliphatic rings. The number of ether oxygens (including phenoxy) is 1.